The van der Waals surface area contributed by atoms with Gasteiger partial charge in [0.1, 0.15) is 11.9 Å². The van der Waals surface area contributed by atoms with Crippen LogP contribution >= 0.6 is 28.3 Å². The second-order valence-electron chi connectivity index (χ2n) is 3.96. The average Bonchev–Trinajstić information content (AvgIpc) is 2.71. The van der Waals surface area contributed by atoms with Crippen molar-refractivity contribution in [2.75, 3.05) is 7.11 Å². The summed E-state index contributed by atoms with van der Waals surface area (Å²) in [6.07, 6.45) is 1.95. The van der Waals surface area contributed by atoms with Gasteiger partial charge in [-0.2, -0.15) is 0 Å². The topological polar surface area (TPSA) is 68.1 Å². The van der Waals surface area contributed by atoms with E-state index in [0.29, 0.717) is 21.8 Å². The molecule has 2 aromatic rings. The molecule has 0 saturated heterocycles. The first-order chi connectivity index (χ1) is 8.52. The highest BCUT2D eigenvalue weighted by atomic mass is 79.9. The number of carbonyl (C=O) groups is 1. The van der Waals surface area contributed by atoms with Crippen molar-refractivity contribution in [2.24, 2.45) is 5.73 Å². The molecule has 7 heteroatoms. The first kappa shape index (κ1) is 15.9. The number of hydrogen-bond donors (Lipinski definition) is 2. The predicted molar refractivity (Wildman–Crippen MR) is 76.9 cm³/mol. The summed E-state index contributed by atoms with van der Waals surface area (Å²) in [5, 5.41) is 0.709. The molecule has 1 aromatic heterocycles. The molecule has 104 valence electrons. The molecule has 2 rings (SSSR count). The maximum absolute atomic E-state index is 13.6. The van der Waals surface area contributed by atoms with Crippen LogP contribution in [0.15, 0.2) is 22.8 Å². The summed E-state index contributed by atoms with van der Waals surface area (Å²) in [5.41, 5.74) is 6.88. The lowest BCUT2D eigenvalue weighted by Gasteiger charge is -2.08. The second kappa shape index (κ2) is 6.36. The van der Waals surface area contributed by atoms with Crippen LogP contribution in [0.5, 0.6) is 0 Å². The Morgan fingerprint density at radius 2 is 2.26 bits per heavy atom. The lowest BCUT2D eigenvalue weighted by molar-refractivity contribution is -0.142. The van der Waals surface area contributed by atoms with Gasteiger partial charge in [0.25, 0.3) is 0 Å². The molecule has 1 aromatic carbocycles. The van der Waals surface area contributed by atoms with Crippen LogP contribution in [0.25, 0.3) is 10.9 Å². The van der Waals surface area contributed by atoms with E-state index in [1.807, 2.05) is 0 Å². The van der Waals surface area contributed by atoms with Crippen LogP contribution in [-0.4, -0.2) is 24.1 Å². The van der Waals surface area contributed by atoms with Crippen LogP contribution in [0.3, 0.4) is 0 Å². The van der Waals surface area contributed by atoms with Gasteiger partial charge >= 0.3 is 5.97 Å². The first-order valence-corrected chi connectivity index (χ1v) is 6.10. The van der Waals surface area contributed by atoms with E-state index >= 15 is 0 Å². The molecule has 0 spiro atoms. The summed E-state index contributed by atoms with van der Waals surface area (Å²) < 4.78 is 18.8. The molecule has 0 amide bonds. The molecule has 1 atom stereocenters. The van der Waals surface area contributed by atoms with Gasteiger partial charge < -0.3 is 15.5 Å². The third-order valence-electron chi connectivity index (χ3n) is 2.74. The molecular formula is C12H13BrClFN2O2. The number of methoxy groups -OCH3 is 1. The minimum atomic E-state index is -0.754. The van der Waals surface area contributed by atoms with Crippen molar-refractivity contribution >= 4 is 45.2 Å². The quantitative estimate of drug-likeness (QED) is 0.835. The Morgan fingerprint density at radius 3 is 2.89 bits per heavy atom. The van der Waals surface area contributed by atoms with Gasteiger partial charge in [0.05, 0.1) is 12.6 Å². The summed E-state index contributed by atoms with van der Waals surface area (Å²) >= 11 is 3.23. The Balaban J connectivity index is 0.00000180. The predicted octanol–water partition coefficient (Wildman–Crippen LogP) is 2.53. The number of fused-ring (bicyclic) bond motifs is 1. The number of nitrogens with two attached hydrogens (primary N) is 1. The molecule has 1 unspecified atom stereocenters. The molecule has 0 aliphatic heterocycles. The highest BCUT2D eigenvalue weighted by Crippen LogP contribution is 2.26. The van der Waals surface area contributed by atoms with Crippen molar-refractivity contribution in [3.05, 3.63) is 34.2 Å². The maximum atomic E-state index is 13.6. The van der Waals surface area contributed by atoms with Gasteiger partial charge in [0.2, 0.25) is 0 Å². The second-order valence-corrected chi connectivity index (χ2v) is 4.87. The molecule has 0 saturated carbocycles. The van der Waals surface area contributed by atoms with Crippen molar-refractivity contribution < 1.29 is 13.9 Å². The van der Waals surface area contributed by atoms with E-state index in [1.165, 1.54) is 13.2 Å². The zero-order valence-electron chi connectivity index (χ0n) is 10.1. The molecule has 0 radical (unpaired) electrons. The van der Waals surface area contributed by atoms with E-state index in [2.05, 4.69) is 25.7 Å². The number of rotatable bonds is 3. The standard InChI is InChI=1S/C12H12BrFN2O2.ClH/c1-18-12(17)10(15)2-6-5-16-11-8(6)3-7(13)4-9(11)14;/h3-5,10,16H,2,15H2,1H3;1H. The van der Waals surface area contributed by atoms with Crippen LogP contribution < -0.4 is 5.73 Å². The lowest BCUT2D eigenvalue weighted by Crippen LogP contribution is -2.33. The number of aromatic amines is 1. The fourth-order valence-corrected chi connectivity index (χ4v) is 2.28. The summed E-state index contributed by atoms with van der Waals surface area (Å²) in [4.78, 5) is 14.1. The first-order valence-electron chi connectivity index (χ1n) is 5.31. The van der Waals surface area contributed by atoms with Crippen molar-refractivity contribution in [1.82, 2.24) is 4.98 Å². The monoisotopic (exact) mass is 350 g/mol. The minimum absolute atomic E-state index is 0. The largest absolute Gasteiger partial charge is 0.468 e. The smallest absolute Gasteiger partial charge is 0.322 e. The summed E-state index contributed by atoms with van der Waals surface area (Å²) in [6, 6.07) is 2.41. The number of H-pyrrole nitrogens is 1. The van der Waals surface area contributed by atoms with E-state index in [1.54, 1.807) is 12.3 Å². The summed E-state index contributed by atoms with van der Waals surface area (Å²) in [7, 11) is 1.29. The van der Waals surface area contributed by atoms with Gasteiger partial charge in [-0.05, 0) is 17.7 Å². The highest BCUT2D eigenvalue weighted by Gasteiger charge is 2.17. The van der Waals surface area contributed by atoms with E-state index in [4.69, 9.17) is 5.73 Å². The Morgan fingerprint density at radius 1 is 1.58 bits per heavy atom. The van der Waals surface area contributed by atoms with E-state index in [-0.39, 0.29) is 18.2 Å². The van der Waals surface area contributed by atoms with Crippen molar-refractivity contribution in [1.29, 1.82) is 0 Å². The van der Waals surface area contributed by atoms with Gasteiger partial charge in [-0.25, -0.2) is 4.39 Å². The van der Waals surface area contributed by atoms with E-state index in [0.717, 1.165) is 5.56 Å². The fraction of sp³-hybridized carbons (Fsp3) is 0.250. The molecule has 3 N–H and O–H groups in total. The van der Waals surface area contributed by atoms with E-state index < -0.39 is 12.0 Å². The van der Waals surface area contributed by atoms with Gasteiger partial charge in [-0.3, -0.25) is 4.79 Å². The number of esters is 1. The van der Waals surface area contributed by atoms with Crippen LogP contribution in [0.2, 0.25) is 0 Å². The molecule has 0 bridgehead atoms. The Hall–Kier alpha value is -1.11. The molecule has 0 aliphatic carbocycles. The van der Waals surface area contributed by atoms with Crippen LogP contribution in [0, 0.1) is 5.82 Å². The zero-order valence-corrected chi connectivity index (χ0v) is 12.5. The number of nitrogens with one attached hydrogen (secondary N) is 1. The molecule has 4 nitrogen and oxygen atoms in total. The third-order valence-corrected chi connectivity index (χ3v) is 3.19. The van der Waals surface area contributed by atoms with Crippen LogP contribution in [-0.2, 0) is 16.0 Å². The van der Waals surface area contributed by atoms with Crippen molar-refractivity contribution in [3.63, 3.8) is 0 Å². The van der Waals surface area contributed by atoms with Gasteiger partial charge in [0.15, 0.2) is 0 Å². The number of carbonyl (C=O) groups excluding carboxylic acids is 1. The summed E-state index contributed by atoms with van der Waals surface area (Å²) in [5.74, 6) is -0.836. The molecule has 0 fully saturated rings. The molecule has 19 heavy (non-hydrogen) atoms. The SMILES string of the molecule is COC(=O)C(N)Cc1c[nH]c2c(F)cc(Br)cc12.Cl. The minimum Gasteiger partial charge on any atom is -0.468 e. The zero-order chi connectivity index (χ0) is 13.3. The number of halogens is 3. The van der Waals surface area contributed by atoms with Crippen LogP contribution in [0.4, 0.5) is 4.39 Å². The fourth-order valence-electron chi connectivity index (χ4n) is 1.85. The average molecular weight is 352 g/mol. The molecule has 1 heterocycles. The van der Waals surface area contributed by atoms with Crippen molar-refractivity contribution in [2.45, 2.75) is 12.5 Å². The molecule has 0 aliphatic rings. The lowest BCUT2D eigenvalue weighted by atomic mass is 10.1. The Bertz CT molecular complexity index is 603. The molecular weight excluding hydrogens is 338 g/mol. The number of aromatic nitrogens is 1. The van der Waals surface area contributed by atoms with Gasteiger partial charge in [-0.15, -0.1) is 12.4 Å². The van der Waals surface area contributed by atoms with Crippen LogP contribution in [0.1, 0.15) is 5.56 Å². The third kappa shape index (κ3) is 3.26. The normalized spacial score (nSPS) is 12.0. The number of benzene rings is 1. The van der Waals surface area contributed by atoms with E-state index in [9.17, 15) is 9.18 Å². The van der Waals surface area contributed by atoms with Gasteiger partial charge in [0, 0.05) is 22.5 Å². The maximum Gasteiger partial charge on any atom is 0.322 e. The number of hydrogen-bond acceptors (Lipinski definition) is 3. The Labute approximate surface area is 124 Å². The van der Waals surface area contributed by atoms with Gasteiger partial charge in [-0.1, -0.05) is 15.9 Å². The number of ether oxygens (including phenoxy) is 1. The summed E-state index contributed by atoms with van der Waals surface area (Å²) in [6.45, 7) is 0. The highest BCUT2D eigenvalue weighted by molar-refractivity contribution is 9.10. The van der Waals surface area contributed by atoms with Crippen molar-refractivity contribution in [3.8, 4) is 0 Å². The Kier molecular flexibility index (Phi) is 5.34.